The highest BCUT2D eigenvalue weighted by molar-refractivity contribution is 5.42. The molecule has 1 saturated carbocycles. The van der Waals surface area contributed by atoms with Gasteiger partial charge in [0, 0.05) is 12.4 Å². The Morgan fingerprint density at radius 1 is 1.30 bits per heavy atom. The molecule has 2 aromatic rings. The minimum Gasteiger partial charge on any atom is -0.417 e. The van der Waals surface area contributed by atoms with Crippen LogP contribution in [-0.2, 0) is 11.3 Å². The quantitative estimate of drug-likeness (QED) is 0.853. The first-order valence-electron chi connectivity index (χ1n) is 7.01. The van der Waals surface area contributed by atoms with Gasteiger partial charge >= 0.3 is 0 Å². The van der Waals surface area contributed by atoms with Crippen LogP contribution < -0.4 is 0 Å². The average Bonchev–Trinajstić information content (AvgIpc) is 2.95. The van der Waals surface area contributed by atoms with Gasteiger partial charge in [0.2, 0.25) is 5.89 Å². The first-order valence-corrected chi connectivity index (χ1v) is 7.01. The van der Waals surface area contributed by atoms with Gasteiger partial charge in [0.15, 0.2) is 0 Å². The van der Waals surface area contributed by atoms with E-state index in [0.29, 0.717) is 30.2 Å². The van der Waals surface area contributed by atoms with Gasteiger partial charge in [0.05, 0.1) is 12.3 Å². The van der Waals surface area contributed by atoms with E-state index in [1.807, 2.05) is 0 Å². The van der Waals surface area contributed by atoms with Crippen LogP contribution in [0, 0.1) is 5.92 Å². The van der Waals surface area contributed by atoms with E-state index in [9.17, 15) is 0 Å². The number of nitrogens with zero attached hydrogens (tertiary/aromatic N) is 4. The lowest BCUT2D eigenvalue weighted by molar-refractivity contribution is -0.00444. The Kier molecular flexibility index (Phi) is 4.01. The molecule has 0 amide bonds. The third kappa shape index (κ3) is 3.19. The molecule has 1 aliphatic carbocycles. The monoisotopic (exact) mass is 274 g/mol. The molecular formula is C14H18N4O2. The fraction of sp³-hybridized carbons (Fsp3) is 0.571. The second kappa shape index (κ2) is 6.09. The molecule has 0 bridgehead atoms. The van der Waals surface area contributed by atoms with Crippen molar-refractivity contribution in [2.45, 2.75) is 45.3 Å². The van der Waals surface area contributed by atoms with Crippen LogP contribution in [0.2, 0.25) is 0 Å². The number of hydrogen-bond acceptors (Lipinski definition) is 6. The zero-order valence-corrected chi connectivity index (χ0v) is 11.5. The fourth-order valence-corrected chi connectivity index (χ4v) is 2.54. The van der Waals surface area contributed by atoms with E-state index in [0.717, 1.165) is 18.8 Å². The third-order valence-electron chi connectivity index (χ3n) is 3.58. The molecule has 2 heterocycles. The molecule has 0 N–H and O–H groups in total. The zero-order chi connectivity index (χ0) is 13.8. The summed E-state index contributed by atoms with van der Waals surface area (Å²) < 4.78 is 11.4. The van der Waals surface area contributed by atoms with Gasteiger partial charge in [-0.1, -0.05) is 19.8 Å². The van der Waals surface area contributed by atoms with Gasteiger partial charge in [-0.15, -0.1) is 10.2 Å². The van der Waals surface area contributed by atoms with Crippen LogP contribution in [0.15, 0.2) is 23.0 Å². The molecule has 3 rings (SSSR count). The number of rotatable bonds is 4. The van der Waals surface area contributed by atoms with Crippen LogP contribution >= 0.6 is 0 Å². The molecular weight excluding hydrogens is 256 g/mol. The predicted octanol–water partition coefficient (Wildman–Crippen LogP) is 2.62. The topological polar surface area (TPSA) is 73.9 Å². The number of hydrogen-bond donors (Lipinski definition) is 0. The molecule has 0 aliphatic heterocycles. The van der Waals surface area contributed by atoms with Crippen LogP contribution in [-0.4, -0.2) is 26.3 Å². The van der Waals surface area contributed by atoms with Crippen molar-refractivity contribution in [2.24, 2.45) is 5.92 Å². The third-order valence-corrected chi connectivity index (χ3v) is 3.58. The van der Waals surface area contributed by atoms with Crippen molar-refractivity contribution in [2.75, 3.05) is 0 Å². The fourth-order valence-electron chi connectivity index (χ4n) is 2.54. The molecule has 0 spiro atoms. The molecule has 0 aromatic carbocycles. The lowest BCUT2D eigenvalue weighted by Gasteiger charge is -2.26. The summed E-state index contributed by atoms with van der Waals surface area (Å²) in [4.78, 5) is 8.10. The van der Waals surface area contributed by atoms with Gasteiger partial charge in [-0.3, -0.25) is 4.98 Å². The van der Waals surface area contributed by atoms with E-state index in [1.54, 1.807) is 18.6 Å². The van der Waals surface area contributed by atoms with E-state index in [2.05, 4.69) is 27.1 Å². The summed E-state index contributed by atoms with van der Waals surface area (Å²) in [6.45, 7) is 2.64. The summed E-state index contributed by atoms with van der Waals surface area (Å²) >= 11 is 0. The lowest BCUT2D eigenvalue weighted by Crippen LogP contribution is -2.21. The number of ether oxygens (including phenoxy) is 1. The van der Waals surface area contributed by atoms with Crippen molar-refractivity contribution in [3.63, 3.8) is 0 Å². The average molecular weight is 274 g/mol. The Balaban J connectivity index is 1.58. The Bertz CT molecular complexity index is 543. The summed E-state index contributed by atoms with van der Waals surface area (Å²) in [5, 5.41) is 7.95. The van der Waals surface area contributed by atoms with Gasteiger partial charge in [0.1, 0.15) is 12.3 Å². The van der Waals surface area contributed by atoms with E-state index in [1.165, 1.54) is 12.8 Å². The van der Waals surface area contributed by atoms with Crippen LogP contribution in [0.25, 0.3) is 11.6 Å². The summed E-state index contributed by atoms with van der Waals surface area (Å²) in [5.74, 6) is 1.61. The molecule has 0 saturated heterocycles. The second-order valence-electron chi connectivity index (χ2n) is 5.30. The zero-order valence-electron chi connectivity index (χ0n) is 11.5. The molecule has 1 aliphatic rings. The smallest absolute Gasteiger partial charge is 0.267 e. The molecule has 1 fully saturated rings. The minimum atomic E-state index is 0.311. The summed E-state index contributed by atoms with van der Waals surface area (Å²) in [7, 11) is 0. The van der Waals surface area contributed by atoms with Gasteiger partial charge in [-0.25, -0.2) is 4.98 Å². The van der Waals surface area contributed by atoms with Crippen LogP contribution in [0.4, 0.5) is 0 Å². The maximum Gasteiger partial charge on any atom is 0.267 e. The first-order chi connectivity index (χ1) is 9.81. The summed E-state index contributed by atoms with van der Waals surface area (Å²) in [6.07, 6.45) is 9.89. The van der Waals surface area contributed by atoms with Crippen molar-refractivity contribution >= 4 is 0 Å². The van der Waals surface area contributed by atoms with E-state index >= 15 is 0 Å². The molecule has 106 valence electrons. The maximum absolute atomic E-state index is 5.86. The van der Waals surface area contributed by atoms with Crippen molar-refractivity contribution in [1.82, 2.24) is 20.2 Å². The molecule has 20 heavy (non-hydrogen) atoms. The van der Waals surface area contributed by atoms with E-state index in [4.69, 9.17) is 9.15 Å². The van der Waals surface area contributed by atoms with Gasteiger partial charge in [-0.05, 0) is 18.8 Å². The Labute approximate surface area is 117 Å². The molecule has 2 unspecified atom stereocenters. The first kappa shape index (κ1) is 13.2. The second-order valence-corrected chi connectivity index (χ2v) is 5.30. The lowest BCUT2D eigenvalue weighted by atomic mass is 9.89. The standard InChI is InChI=1S/C14H18N4O2/c1-10-3-2-4-11(7-10)19-9-13-17-18-14(20-13)12-8-15-5-6-16-12/h5-6,8,10-11H,2-4,7,9H2,1H3. The molecule has 2 atom stereocenters. The molecule has 0 radical (unpaired) electrons. The van der Waals surface area contributed by atoms with Crippen LogP contribution in [0.1, 0.15) is 38.5 Å². The normalized spacial score (nSPS) is 22.9. The van der Waals surface area contributed by atoms with Crippen molar-refractivity contribution in [3.8, 4) is 11.6 Å². The molecule has 6 heteroatoms. The molecule has 2 aromatic heterocycles. The Hall–Kier alpha value is -1.82. The van der Waals surface area contributed by atoms with E-state index in [-0.39, 0.29) is 0 Å². The predicted molar refractivity (Wildman–Crippen MR) is 71.5 cm³/mol. The van der Waals surface area contributed by atoms with Crippen molar-refractivity contribution < 1.29 is 9.15 Å². The summed E-state index contributed by atoms with van der Waals surface area (Å²) in [6, 6.07) is 0. The maximum atomic E-state index is 5.86. The van der Waals surface area contributed by atoms with Crippen LogP contribution in [0.5, 0.6) is 0 Å². The largest absolute Gasteiger partial charge is 0.417 e. The Morgan fingerprint density at radius 2 is 2.25 bits per heavy atom. The Morgan fingerprint density at radius 3 is 3.05 bits per heavy atom. The highest BCUT2D eigenvalue weighted by Crippen LogP contribution is 2.26. The van der Waals surface area contributed by atoms with Crippen molar-refractivity contribution in [1.29, 1.82) is 0 Å². The van der Waals surface area contributed by atoms with Crippen LogP contribution in [0.3, 0.4) is 0 Å². The minimum absolute atomic E-state index is 0.311. The highest BCUT2D eigenvalue weighted by Gasteiger charge is 2.20. The molecule has 6 nitrogen and oxygen atoms in total. The highest BCUT2D eigenvalue weighted by atomic mass is 16.5. The SMILES string of the molecule is CC1CCCC(OCc2nnc(-c3cnccn3)o2)C1. The van der Waals surface area contributed by atoms with E-state index < -0.39 is 0 Å². The number of aromatic nitrogens is 4. The van der Waals surface area contributed by atoms with Crippen molar-refractivity contribution in [3.05, 3.63) is 24.5 Å². The summed E-state index contributed by atoms with van der Waals surface area (Å²) in [5.41, 5.74) is 0.581. The van der Waals surface area contributed by atoms with Gasteiger partial charge in [0.25, 0.3) is 5.89 Å². The van der Waals surface area contributed by atoms with Gasteiger partial charge < -0.3 is 9.15 Å². The van der Waals surface area contributed by atoms with Gasteiger partial charge in [-0.2, -0.15) is 0 Å².